The topological polar surface area (TPSA) is 50.7 Å². The molecule has 0 unspecified atom stereocenters. The molecule has 1 aromatic carbocycles. The summed E-state index contributed by atoms with van der Waals surface area (Å²) in [5.74, 6) is 0.835. The summed E-state index contributed by atoms with van der Waals surface area (Å²) >= 11 is 0. The number of carbonyl (C=O) groups excluding carboxylic acids is 1. The molecule has 128 valence electrons. The molecule has 1 aromatic rings. The molecule has 0 spiro atoms. The van der Waals surface area contributed by atoms with Crippen LogP contribution < -0.4 is 10.2 Å². The Kier molecular flexibility index (Phi) is 9.76. The largest absolute Gasteiger partial charge is 0.494 e. The van der Waals surface area contributed by atoms with Gasteiger partial charge in [-0.15, -0.1) is 0 Å². The van der Waals surface area contributed by atoms with Crippen molar-refractivity contribution in [3.05, 3.63) is 29.8 Å². The quantitative estimate of drug-likeness (QED) is 0.366. The van der Waals surface area contributed by atoms with Crippen molar-refractivity contribution in [1.82, 2.24) is 5.43 Å². The van der Waals surface area contributed by atoms with Gasteiger partial charge < -0.3 is 4.74 Å². The van der Waals surface area contributed by atoms with Gasteiger partial charge in [-0.25, -0.2) is 5.43 Å². The Labute approximate surface area is 140 Å². The number of amides is 1. The van der Waals surface area contributed by atoms with Gasteiger partial charge in [-0.1, -0.05) is 39.0 Å². The Morgan fingerprint density at radius 1 is 1.04 bits per heavy atom. The molecule has 1 amide bonds. The molecule has 1 rings (SSSR count). The molecular formula is C19H30N2O2. The molecule has 0 fully saturated rings. The van der Waals surface area contributed by atoms with E-state index in [9.17, 15) is 4.79 Å². The maximum absolute atomic E-state index is 11.8. The molecule has 4 heteroatoms. The van der Waals surface area contributed by atoms with E-state index in [1.807, 2.05) is 38.1 Å². The van der Waals surface area contributed by atoms with E-state index in [1.54, 1.807) is 0 Å². The van der Waals surface area contributed by atoms with Gasteiger partial charge >= 0.3 is 0 Å². The highest BCUT2D eigenvalue weighted by Gasteiger charge is 2.02. The highest BCUT2D eigenvalue weighted by atomic mass is 16.5. The molecule has 0 aromatic heterocycles. The lowest BCUT2D eigenvalue weighted by Gasteiger charge is -2.05. The molecule has 0 atom stereocenters. The highest BCUT2D eigenvalue weighted by Crippen LogP contribution is 2.12. The zero-order valence-corrected chi connectivity index (χ0v) is 14.7. The SMILES string of the molecule is CCCCCCCCC(=O)N/N=C(\C)c1ccc(OCC)cc1. The van der Waals surface area contributed by atoms with Crippen molar-refractivity contribution < 1.29 is 9.53 Å². The minimum absolute atomic E-state index is 0.00854. The average molecular weight is 318 g/mol. The summed E-state index contributed by atoms with van der Waals surface area (Å²) in [6.07, 6.45) is 7.63. The normalized spacial score (nSPS) is 11.3. The zero-order chi connectivity index (χ0) is 16.9. The third-order valence-corrected chi connectivity index (χ3v) is 3.69. The van der Waals surface area contributed by atoms with E-state index in [-0.39, 0.29) is 5.91 Å². The van der Waals surface area contributed by atoms with E-state index in [1.165, 1.54) is 25.7 Å². The predicted octanol–water partition coefficient (Wildman–Crippen LogP) is 4.68. The number of nitrogens with zero attached hydrogens (tertiary/aromatic N) is 1. The van der Waals surface area contributed by atoms with Gasteiger partial charge in [-0.3, -0.25) is 4.79 Å². The van der Waals surface area contributed by atoms with Crippen molar-refractivity contribution in [2.24, 2.45) is 5.10 Å². The lowest BCUT2D eigenvalue weighted by Crippen LogP contribution is -2.18. The van der Waals surface area contributed by atoms with Crippen LogP contribution in [-0.4, -0.2) is 18.2 Å². The first-order valence-electron chi connectivity index (χ1n) is 8.73. The fraction of sp³-hybridized carbons (Fsp3) is 0.579. The molecule has 0 radical (unpaired) electrons. The van der Waals surface area contributed by atoms with Gasteiger partial charge in [0.05, 0.1) is 12.3 Å². The number of ether oxygens (including phenoxy) is 1. The number of unbranched alkanes of at least 4 members (excludes halogenated alkanes) is 5. The Hall–Kier alpha value is -1.84. The smallest absolute Gasteiger partial charge is 0.240 e. The summed E-state index contributed by atoms with van der Waals surface area (Å²) in [6, 6.07) is 7.72. The fourth-order valence-electron chi connectivity index (χ4n) is 2.29. The van der Waals surface area contributed by atoms with E-state index >= 15 is 0 Å². The van der Waals surface area contributed by atoms with Crippen LogP contribution in [0.25, 0.3) is 0 Å². The summed E-state index contributed by atoms with van der Waals surface area (Å²) in [7, 11) is 0. The van der Waals surface area contributed by atoms with Gasteiger partial charge in [0.25, 0.3) is 0 Å². The maximum Gasteiger partial charge on any atom is 0.240 e. The third-order valence-electron chi connectivity index (χ3n) is 3.69. The standard InChI is InChI=1S/C19H30N2O2/c1-4-6-7-8-9-10-11-19(22)21-20-16(3)17-12-14-18(15-13-17)23-5-2/h12-15H,4-11H2,1-3H3,(H,21,22)/b20-16+. The first kappa shape index (κ1) is 19.2. The molecule has 4 nitrogen and oxygen atoms in total. The summed E-state index contributed by atoms with van der Waals surface area (Å²) in [5.41, 5.74) is 4.42. The second-order valence-electron chi connectivity index (χ2n) is 5.71. The lowest BCUT2D eigenvalue weighted by molar-refractivity contribution is -0.121. The van der Waals surface area contributed by atoms with Crippen LogP contribution in [0.4, 0.5) is 0 Å². The van der Waals surface area contributed by atoms with Crippen LogP contribution in [-0.2, 0) is 4.79 Å². The maximum atomic E-state index is 11.8. The molecular weight excluding hydrogens is 288 g/mol. The van der Waals surface area contributed by atoms with Crippen LogP contribution in [0, 0.1) is 0 Å². The van der Waals surface area contributed by atoms with Crippen LogP contribution >= 0.6 is 0 Å². The molecule has 0 saturated heterocycles. The summed E-state index contributed by atoms with van der Waals surface area (Å²) < 4.78 is 5.41. The van der Waals surface area contributed by atoms with E-state index in [0.717, 1.165) is 29.9 Å². The van der Waals surface area contributed by atoms with Crippen molar-refractivity contribution in [3.63, 3.8) is 0 Å². The molecule has 0 saturated carbocycles. The van der Waals surface area contributed by atoms with Gasteiger partial charge in [0, 0.05) is 6.42 Å². The molecule has 0 aliphatic carbocycles. The summed E-state index contributed by atoms with van der Waals surface area (Å²) in [5, 5.41) is 4.17. The number of hydrogen-bond donors (Lipinski definition) is 1. The first-order valence-corrected chi connectivity index (χ1v) is 8.73. The number of carbonyl (C=O) groups is 1. The predicted molar refractivity (Wildman–Crippen MR) is 96.0 cm³/mol. The second-order valence-corrected chi connectivity index (χ2v) is 5.71. The van der Waals surface area contributed by atoms with Gasteiger partial charge in [0.15, 0.2) is 0 Å². The van der Waals surface area contributed by atoms with E-state index in [0.29, 0.717) is 13.0 Å². The van der Waals surface area contributed by atoms with E-state index < -0.39 is 0 Å². The van der Waals surface area contributed by atoms with Crippen molar-refractivity contribution >= 4 is 11.6 Å². The van der Waals surface area contributed by atoms with Crippen molar-refractivity contribution in [2.45, 2.75) is 65.7 Å². The Bertz CT molecular complexity index is 481. The second kappa shape index (κ2) is 11.7. The third kappa shape index (κ3) is 8.38. The number of benzene rings is 1. The lowest BCUT2D eigenvalue weighted by atomic mass is 10.1. The molecule has 23 heavy (non-hydrogen) atoms. The van der Waals surface area contributed by atoms with Gasteiger partial charge in [-0.2, -0.15) is 5.10 Å². The van der Waals surface area contributed by atoms with Crippen LogP contribution in [0.15, 0.2) is 29.4 Å². The molecule has 0 heterocycles. The van der Waals surface area contributed by atoms with Crippen molar-refractivity contribution in [3.8, 4) is 5.75 Å². The van der Waals surface area contributed by atoms with Gasteiger partial charge in [0.1, 0.15) is 5.75 Å². The van der Waals surface area contributed by atoms with Crippen molar-refractivity contribution in [1.29, 1.82) is 0 Å². The minimum atomic E-state index is -0.00854. The fourth-order valence-corrected chi connectivity index (χ4v) is 2.29. The summed E-state index contributed by atoms with van der Waals surface area (Å²) in [4.78, 5) is 11.8. The molecule has 1 N–H and O–H groups in total. The van der Waals surface area contributed by atoms with Crippen LogP contribution in [0.3, 0.4) is 0 Å². The molecule has 0 aliphatic heterocycles. The first-order chi connectivity index (χ1) is 11.2. The number of hydrazone groups is 1. The van der Waals surface area contributed by atoms with Gasteiger partial charge in [0.2, 0.25) is 5.91 Å². The Morgan fingerprint density at radius 2 is 1.70 bits per heavy atom. The summed E-state index contributed by atoms with van der Waals surface area (Å²) in [6.45, 7) is 6.71. The number of rotatable bonds is 11. The number of hydrogen-bond acceptors (Lipinski definition) is 3. The van der Waals surface area contributed by atoms with Crippen LogP contribution in [0.2, 0.25) is 0 Å². The average Bonchev–Trinajstić information content (AvgIpc) is 2.57. The van der Waals surface area contributed by atoms with Crippen LogP contribution in [0.1, 0.15) is 71.3 Å². The highest BCUT2D eigenvalue weighted by molar-refractivity contribution is 5.99. The monoisotopic (exact) mass is 318 g/mol. The minimum Gasteiger partial charge on any atom is -0.494 e. The van der Waals surface area contributed by atoms with Gasteiger partial charge in [-0.05, 0) is 50.1 Å². The molecule has 0 bridgehead atoms. The zero-order valence-electron chi connectivity index (χ0n) is 14.7. The Morgan fingerprint density at radius 3 is 2.35 bits per heavy atom. The van der Waals surface area contributed by atoms with Crippen molar-refractivity contribution in [2.75, 3.05) is 6.61 Å². The van der Waals surface area contributed by atoms with E-state index in [4.69, 9.17) is 4.74 Å². The van der Waals surface area contributed by atoms with E-state index in [2.05, 4.69) is 17.5 Å². The Balaban J connectivity index is 2.30. The number of nitrogens with one attached hydrogen (secondary N) is 1. The van der Waals surface area contributed by atoms with Crippen LogP contribution in [0.5, 0.6) is 5.75 Å². The molecule has 0 aliphatic rings.